The minimum Gasteiger partial charge on any atom is -0.454 e. The molecule has 0 unspecified atom stereocenters. The van der Waals surface area contributed by atoms with Gasteiger partial charge in [0.1, 0.15) is 11.6 Å². The summed E-state index contributed by atoms with van der Waals surface area (Å²) in [4.78, 5) is 0. The second-order valence-corrected chi connectivity index (χ2v) is 5.55. The Labute approximate surface area is 135 Å². The van der Waals surface area contributed by atoms with E-state index in [9.17, 15) is 8.78 Å². The van der Waals surface area contributed by atoms with E-state index >= 15 is 0 Å². The van der Waals surface area contributed by atoms with E-state index < -0.39 is 11.6 Å². The van der Waals surface area contributed by atoms with E-state index in [1.54, 1.807) is 0 Å². The SMILES string of the molecule is N/C(=N/O)c1ccc(Oc2ccc(Br)c(F)c2)c(F)c1Br. The smallest absolute Gasteiger partial charge is 0.180 e. The van der Waals surface area contributed by atoms with Crippen LogP contribution in [-0.4, -0.2) is 11.0 Å². The number of nitrogens with two attached hydrogens (primary N) is 1. The summed E-state index contributed by atoms with van der Waals surface area (Å²) in [6.45, 7) is 0. The molecule has 8 heteroatoms. The van der Waals surface area contributed by atoms with Gasteiger partial charge in [-0.2, -0.15) is 0 Å². The second-order valence-electron chi connectivity index (χ2n) is 3.90. The maximum absolute atomic E-state index is 14.2. The third-order valence-electron chi connectivity index (χ3n) is 2.55. The normalized spacial score (nSPS) is 11.5. The monoisotopic (exact) mass is 420 g/mol. The summed E-state index contributed by atoms with van der Waals surface area (Å²) in [6, 6.07) is 6.76. The van der Waals surface area contributed by atoms with E-state index in [2.05, 4.69) is 37.0 Å². The molecule has 0 heterocycles. The fourth-order valence-electron chi connectivity index (χ4n) is 1.53. The molecule has 0 aliphatic heterocycles. The van der Waals surface area contributed by atoms with Gasteiger partial charge in [-0.05, 0) is 56.1 Å². The Bertz CT molecular complexity index is 724. The standard InChI is InChI=1S/C13H8Br2F2N2O2/c14-8-3-1-6(5-9(8)16)21-10-4-2-7(13(18)19-20)11(15)12(10)17/h1-5,20H,(H2,18,19). The summed E-state index contributed by atoms with van der Waals surface area (Å²) in [7, 11) is 0. The Kier molecular flexibility index (Phi) is 4.79. The van der Waals surface area contributed by atoms with Gasteiger partial charge in [0.25, 0.3) is 0 Å². The van der Waals surface area contributed by atoms with E-state index in [0.29, 0.717) is 0 Å². The minimum atomic E-state index is -0.748. The molecule has 0 bridgehead atoms. The fourth-order valence-corrected chi connectivity index (χ4v) is 2.31. The molecule has 2 aromatic rings. The first-order chi connectivity index (χ1) is 9.93. The number of halogens is 4. The average molecular weight is 422 g/mol. The van der Waals surface area contributed by atoms with Crippen LogP contribution in [-0.2, 0) is 0 Å². The number of hydrogen-bond donors (Lipinski definition) is 2. The predicted molar refractivity (Wildman–Crippen MR) is 80.8 cm³/mol. The molecule has 0 aromatic heterocycles. The first kappa shape index (κ1) is 15.7. The maximum atomic E-state index is 14.2. The van der Waals surface area contributed by atoms with Crippen LogP contribution < -0.4 is 10.5 Å². The second kappa shape index (κ2) is 6.40. The topological polar surface area (TPSA) is 67.8 Å². The molecule has 0 aliphatic carbocycles. The number of nitrogens with zero attached hydrogens (tertiary/aromatic N) is 1. The lowest BCUT2D eigenvalue weighted by Crippen LogP contribution is -2.14. The Morgan fingerprint density at radius 3 is 2.52 bits per heavy atom. The highest BCUT2D eigenvalue weighted by molar-refractivity contribution is 9.10. The van der Waals surface area contributed by atoms with Crippen LogP contribution in [0.5, 0.6) is 11.5 Å². The molecule has 3 N–H and O–H groups in total. The van der Waals surface area contributed by atoms with E-state index in [4.69, 9.17) is 15.7 Å². The zero-order valence-electron chi connectivity index (χ0n) is 10.3. The van der Waals surface area contributed by atoms with Crippen molar-refractivity contribution < 1.29 is 18.7 Å². The van der Waals surface area contributed by atoms with Crippen molar-refractivity contribution in [2.75, 3.05) is 0 Å². The third kappa shape index (κ3) is 3.33. The highest BCUT2D eigenvalue weighted by atomic mass is 79.9. The lowest BCUT2D eigenvalue weighted by atomic mass is 10.2. The quantitative estimate of drug-likeness (QED) is 0.334. The first-order valence-corrected chi connectivity index (χ1v) is 7.11. The van der Waals surface area contributed by atoms with Gasteiger partial charge in [0.15, 0.2) is 17.4 Å². The Balaban J connectivity index is 2.37. The molecular weight excluding hydrogens is 414 g/mol. The molecule has 2 aromatic carbocycles. The van der Waals surface area contributed by atoms with Crippen molar-refractivity contribution in [1.29, 1.82) is 0 Å². The van der Waals surface area contributed by atoms with E-state index in [1.165, 1.54) is 24.3 Å². The van der Waals surface area contributed by atoms with Gasteiger partial charge in [-0.15, -0.1) is 0 Å². The molecule has 0 amide bonds. The molecule has 0 atom stereocenters. The van der Waals surface area contributed by atoms with Crippen molar-refractivity contribution in [2.45, 2.75) is 0 Å². The number of benzene rings is 2. The van der Waals surface area contributed by atoms with Gasteiger partial charge >= 0.3 is 0 Å². The summed E-state index contributed by atoms with van der Waals surface area (Å²) >= 11 is 6.01. The Morgan fingerprint density at radius 2 is 1.90 bits per heavy atom. The van der Waals surface area contributed by atoms with Crippen LogP contribution in [0.2, 0.25) is 0 Å². The maximum Gasteiger partial charge on any atom is 0.180 e. The van der Waals surface area contributed by atoms with Crippen molar-refractivity contribution in [3.63, 3.8) is 0 Å². The number of hydrogen-bond acceptors (Lipinski definition) is 3. The molecule has 0 saturated carbocycles. The van der Waals surface area contributed by atoms with Crippen molar-refractivity contribution in [2.24, 2.45) is 10.9 Å². The number of ether oxygens (including phenoxy) is 1. The van der Waals surface area contributed by atoms with Gasteiger partial charge in [-0.3, -0.25) is 0 Å². The van der Waals surface area contributed by atoms with Crippen LogP contribution in [0.4, 0.5) is 8.78 Å². The highest BCUT2D eigenvalue weighted by Gasteiger charge is 2.16. The first-order valence-electron chi connectivity index (χ1n) is 5.53. The highest BCUT2D eigenvalue weighted by Crippen LogP contribution is 2.32. The molecule has 0 aliphatic rings. The lowest BCUT2D eigenvalue weighted by Gasteiger charge is -2.10. The van der Waals surface area contributed by atoms with Gasteiger partial charge in [-0.1, -0.05) is 5.16 Å². The summed E-state index contributed by atoms with van der Waals surface area (Å²) in [5.74, 6) is -1.51. The molecular formula is C13H8Br2F2N2O2. The average Bonchev–Trinajstić information content (AvgIpc) is 2.47. The molecule has 0 saturated heterocycles. The van der Waals surface area contributed by atoms with Crippen LogP contribution in [0.15, 0.2) is 44.4 Å². The Morgan fingerprint density at radius 1 is 1.19 bits per heavy atom. The number of amidine groups is 1. The zero-order valence-corrected chi connectivity index (χ0v) is 13.5. The fraction of sp³-hybridized carbons (Fsp3) is 0. The van der Waals surface area contributed by atoms with Gasteiger partial charge in [0.2, 0.25) is 0 Å². The summed E-state index contributed by atoms with van der Waals surface area (Å²) in [5, 5.41) is 11.4. The van der Waals surface area contributed by atoms with Crippen LogP contribution >= 0.6 is 31.9 Å². The number of oxime groups is 1. The summed E-state index contributed by atoms with van der Waals surface area (Å²) in [5.41, 5.74) is 5.58. The molecule has 110 valence electrons. The van der Waals surface area contributed by atoms with Crippen molar-refractivity contribution in [3.05, 3.63) is 56.5 Å². The summed E-state index contributed by atoms with van der Waals surface area (Å²) < 4.78 is 33.1. The van der Waals surface area contributed by atoms with Crippen molar-refractivity contribution >= 4 is 37.7 Å². The third-order valence-corrected chi connectivity index (χ3v) is 3.97. The molecule has 0 radical (unpaired) electrons. The van der Waals surface area contributed by atoms with E-state index in [0.717, 1.165) is 6.07 Å². The van der Waals surface area contributed by atoms with Crippen LogP contribution in [0.1, 0.15) is 5.56 Å². The van der Waals surface area contributed by atoms with Gasteiger partial charge in [-0.25, -0.2) is 8.78 Å². The van der Waals surface area contributed by atoms with E-state index in [-0.39, 0.29) is 31.8 Å². The molecule has 2 rings (SSSR count). The molecule has 21 heavy (non-hydrogen) atoms. The lowest BCUT2D eigenvalue weighted by molar-refractivity contribution is 0.318. The van der Waals surface area contributed by atoms with Crippen molar-refractivity contribution in [1.82, 2.24) is 0 Å². The van der Waals surface area contributed by atoms with Gasteiger partial charge < -0.3 is 15.7 Å². The molecule has 0 spiro atoms. The predicted octanol–water partition coefficient (Wildman–Crippen LogP) is 4.38. The molecule has 4 nitrogen and oxygen atoms in total. The minimum absolute atomic E-state index is 0.0205. The Hall–Kier alpha value is -1.67. The summed E-state index contributed by atoms with van der Waals surface area (Å²) in [6.07, 6.45) is 0. The molecule has 0 fully saturated rings. The number of rotatable bonds is 3. The van der Waals surface area contributed by atoms with Crippen LogP contribution in [0, 0.1) is 11.6 Å². The van der Waals surface area contributed by atoms with E-state index in [1.807, 2.05) is 0 Å². The zero-order chi connectivity index (χ0) is 15.6. The van der Waals surface area contributed by atoms with Crippen molar-refractivity contribution in [3.8, 4) is 11.5 Å². The van der Waals surface area contributed by atoms with Crippen LogP contribution in [0.25, 0.3) is 0 Å². The largest absolute Gasteiger partial charge is 0.454 e. The van der Waals surface area contributed by atoms with Gasteiger partial charge in [0, 0.05) is 11.6 Å². The van der Waals surface area contributed by atoms with Gasteiger partial charge in [0.05, 0.1) is 8.95 Å². The van der Waals surface area contributed by atoms with Crippen LogP contribution in [0.3, 0.4) is 0 Å².